The molecule has 1 aromatic rings. The lowest BCUT2D eigenvalue weighted by atomic mass is 10.00. The van der Waals surface area contributed by atoms with Crippen LogP contribution in [0.3, 0.4) is 0 Å². The van der Waals surface area contributed by atoms with Crippen molar-refractivity contribution in [1.29, 1.82) is 0 Å². The summed E-state index contributed by atoms with van der Waals surface area (Å²) >= 11 is 0. The Labute approximate surface area is 177 Å². The molecule has 4 unspecified atom stereocenters. The number of benzene rings is 1. The number of esters is 1. The average molecular weight is 409 g/mol. The molecule has 0 N–H and O–H groups in total. The molecule has 0 bridgehead atoms. The van der Waals surface area contributed by atoms with Crippen LogP contribution in [0.25, 0.3) is 0 Å². The van der Waals surface area contributed by atoms with Gasteiger partial charge in [-0.05, 0) is 39.2 Å². The van der Waals surface area contributed by atoms with Crippen molar-refractivity contribution in [2.75, 3.05) is 19.8 Å². The van der Waals surface area contributed by atoms with Crippen LogP contribution in [0.2, 0.25) is 0 Å². The molecule has 0 saturated heterocycles. The first-order valence-electron chi connectivity index (χ1n) is 11.0. The summed E-state index contributed by atoms with van der Waals surface area (Å²) in [5.41, 5.74) is 1.15. The molecule has 0 saturated carbocycles. The highest BCUT2D eigenvalue weighted by Gasteiger charge is 2.20. The van der Waals surface area contributed by atoms with Crippen molar-refractivity contribution in [2.24, 2.45) is 5.92 Å². The number of hydrogen-bond acceptors (Lipinski definition) is 5. The van der Waals surface area contributed by atoms with Gasteiger partial charge in [-0.25, -0.2) is 0 Å². The summed E-state index contributed by atoms with van der Waals surface area (Å²) < 4.78 is 22.8. The number of carbonyl (C=O) groups is 1. The molecule has 0 amide bonds. The highest BCUT2D eigenvalue weighted by Crippen LogP contribution is 2.15. The maximum atomic E-state index is 12.2. The number of ether oxygens (including phenoxy) is 4. The van der Waals surface area contributed by atoms with Gasteiger partial charge < -0.3 is 18.9 Å². The second kappa shape index (κ2) is 15.4. The Bertz CT molecular complexity index is 533. The Hall–Kier alpha value is -1.43. The van der Waals surface area contributed by atoms with E-state index >= 15 is 0 Å². The molecule has 0 aliphatic heterocycles. The van der Waals surface area contributed by atoms with Gasteiger partial charge in [0.15, 0.2) is 0 Å². The normalized spacial score (nSPS) is 15.5. The van der Waals surface area contributed by atoms with E-state index in [9.17, 15) is 4.79 Å². The third-order valence-electron chi connectivity index (χ3n) is 4.74. The largest absolute Gasteiger partial charge is 0.460 e. The molecule has 0 fully saturated rings. The van der Waals surface area contributed by atoms with Crippen molar-refractivity contribution >= 4 is 5.97 Å². The molecule has 1 aromatic carbocycles. The van der Waals surface area contributed by atoms with Gasteiger partial charge in [-0.3, -0.25) is 4.79 Å². The molecule has 29 heavy (non-hydrogen) atoms. The number of unbranched alkanes of at least 4 members (excludes halogenated alkanes) is 1. The van der Waals surface area contributed by atoms with Crippen molar-refractivity contribution in [3.8, 4) is 0 Å². The molecule has 0 aliphatic rings. The van der Waals surface area contributed by atoms with Crippen LogP contribution in [-0.2, 0) is 30.3 Å². The Kier molecular flexibility index (Phi) is 13.6. The van der Waals surface area contributed by atoms with Gasteiger partial charge in [-0.1, -0.05) is 57.0 Å². The zero-order valence-electron chi connectivity index (χ0n) is 18.9. The maximum absolute atomic E-state index is 12.2. The van der Waals surface area contributed by atoms with Crippen LogP contribution in [0, 0.1) is 5.92 Å². The summed E-state index contributed by atoms with van der Waals surface area (Å²) in [6.45, 7) is 12.0. The lowest BCUT2D eigenvalue weighted by molar-refractivity contribution is -0.158. The topological polar surface area (TPSA) is 54.0 Å². The van der Waals surface area contributed by atoms with Crippen LogP contribution in [0.15, 0.2) is 30.3 Å². The Morgan fingerprint density at radius 2 is 1.52 bits per heavy atom. The van der Waals surface area contributed by atoms with E-state index in [-0.39, 0.29) is 30.2 Å². The van der Waals surface area contributed by atoms with E-state index in [0.29, 0.717) is 26.4 Å². The van der Waals surface area contributed by atoms with Crippen molar-refractivity contribution < 1.29 is 23.7 Å². The molecule has 5 nitrogen and oxygen atoms in total. The van der Waals surface area contributed by atoms with Gasteiger partial charge in [-0.2, -0.15) is 0 Å². The van der Waals surface area contributed by atoms with Gasteiger partial charge in [0.25, 0.3) is 0 Å². The third kappa shape index (κ3) is 12.0. The maximum Gasteiger partial charge on any atom is 0.309 e. The summed E-state index contributed by atoms with van der Waals surface area (Å²) in [5.74, 6) is -0.111. The molecule has 0 heterocycles. The molecule has 0 spiro atoms. The highest BCUT2D eigenvalue weighted by atomic mass is 16.6. The third-order valence-corrected chi connectivity index (χ3v) is 4.74. The summed E-state index contributed by atoms with van der Waals surface area (Å²) in [5, 5.41) is 0. The second-order valence-electron chi connectivity index (χ2n) is 7.78. The van der Waals surface area contributed by atoms with E-state index in [1.807, 2.05) is 58.0 Å². The number of rotatable bonds is 16. The van der Waals surface area contributed by atoms with E-state index in [1.54, 1.807) is 0 Å². The minimum atomic E-state index is -0.257. The zero-order valence-corrected chi connectivity index (χ0v) is 18.9. The summed E-state index contributed by atoms with van der Waals surface area (Å²) in [4.78, 5) is 12.2. The predicted octanol–water partition coefficient (Wildman–Crippen LogP) is 5.16. The Balaban J connectivity index is 2.15. The minimum absolute atomic E-state index is 0.00473. The lowest BCUT2D eigenvalue weighted by Crippen LogP contribution is -2.29. The van der Waals surface area contributed by atoms with E-state index < -0.39 is 0 Å². The van der Waals surface area contributed by atoms with Crippen LogP contribution >= 0.6 is 0 Å². The first-order valence-corrected chi connectivity index (χ1v) is 11.0. The van der Waals surface area contributed by atoms with Crippen molar-refractivity contribution in [3.63, 3.8) is 0 Å². The summed E-state index contributed by atoms with van der Waals surface area (Å²) in [6.07, 6.45) is 3.52. The van der Waals surface area contributed by atoms with Gasteiger partial charge in [0, 0.05) is 0 Å². The monoisotopic (exact) mass is 408 g/mol. The quantitative estimate of drug-likeness (QED) is 0.354. The van der Waals surface area contributed by atoms with E-state index in [4.69, 9.17) is 18.9 Å². The Morgan fingerprint density at radius 1 is 0.897 bits per heavy atom. The number of hydrogen-bond donors (Lipinski definition) is 0. The molecule has 5 heteroatoms. The SMILES string of the molecule is CCCCC(CC)C(=O)OC(C)COC(C)COC(C)COCc1ccccc1. The van der Waals surface area contributed by atoms with Crippen molar-refractivity contribution in [3.05, 3.63) is 35.9 Å². The van der Waals surface area contributed by atoms with Crippen LogP contribution in [0.5, 0.6) is 0 Å². The fourth-order valence-corrected chi connectivity index (χ4v) is 2.88. The van der Waals surface area contributed by atoms with Crippen molar-refractivity contribution in [2.45, 2.75) is 85.2 Å². The van der Waals surface area contributed by atoms with Gasteiger partial charge in [0.05, 0.1) is 44.6 Å². The lowest BCUT2D eigenvalue weighted by Gasteiger charge is -2.21. The second-order valence-corrected chi connectivity index (χ2v) is 7.78. The van der Waals surface area contributed by atoms with Crippen LogP contribution in [0.1, 0.15) is 65.9 Å². The van der Waals surface area contributed by atoms with Gasteiger partial charge in [0.1, 0.15) is 6.10 Å². The van der Waals surface area contributed by atoms with Crippen molar-refractivity contribution in [1.82, 2.24) is 0 Å². The molecule has 0 aromatic heterocycles. The predicted molar refractivity (Wildman–Crippen MR) is 116 cm³/mol. The van der Waals surface area contributed by atoms with Gasteiger partial charge in [0.2, 0.25) is 0 Å². The molecule has 0 radical (unpaired) electrons. The van der Waals surface area contributed by atoms with E-state index in [2.05, 4.69) is 6.92 Å². The Morgan fingerprint density at radius 3 is 2.14 bits per heavy atom. The van der Waals surface area contributed by atoms with Crippen LogP contribution < -0.4 is 0 Å². The zero-order chi connectivity index (χ0) is 21.5. The molecular weight excluding hydrogens is 368 g/mol. The minimum Gasteiger partial charge on any atom is -0.460 e. The van der Waals surface area contributed by atoms with Crippen LogP contribution in [0.4, 0.5) is 0 Å². The molecule has 4 atom stereocenters. The average Bonchev–Trinajstić information content (AvgIpc) is 2.72. The summed E-state index contributed by atoms with van der Waals surface area (Å²) in [7, 11) is 0. The van der Waals surface area contributed by atoms with Gasteiger partial charge in [-0.15, -0.1) is 0 Å². The molecular formula is C24H40O5. The first-order chi connectivity index (χ1) is 14.0. The smallest absolute Gasteiger partial charge is 0.309 e. The number of carbonyl (C=O) groups excluding carboxylic acids is 1. The fourth-order valence-electron chi connectivity index (χ4n) is 2.88. The summed E-state index contributed by atoms with van der Waals surface area (Å²) in [6, 6.07) is 10.1. The standard InChI is InChI=1S/C24H40O5/c1-6-8-14-23(7-2)24(25)29-21(5)17-28-20(4)16-27-19(3)15-26-18-22-12-10-9-11-13-22/h9-13,19-21,23H,6-8,14-18H2,1-5H3. The van der Waals surface area contributed by atoms with E-state index in [1.165, 1.54) is 0 Å². The van der Waals surface area contributed by atoms with Gasteiger partial charge >= 0.3 is 5.97 Å². The molecule has 0 aliphatic carbocycles. The highest BCUT2D eigenvalue weighted by molar-refractivity contribution is 5.72. The first kappa shape index (κ1) is 25.6. The molecule has 166 valence electrons. The fraction of sp³-hybridized carbons (Fsp3) is 0.708. The van der Waals surface area contributed by atoms with E-state index in [0.717, 1.165) is 31.2 Å². The van der Waals surface area contributed by atoms with Crippen LogP contribution in [-0.4, -0.2) is 44.1 Å². The molecule has 1 rings (SSSR count).